The molecule has 0 bridgehead atoms. The second-order valence-corrected chi connectivity index (χ2v) is 28.1. The SMILES string of the molecule is [2H]c1c([2H])c(-n2c3c([2H])c([2H])c([2H])c([2H])c3c3c([2H])c([2H])c([2H])c([2H])c32)c([2H])c2c1B1c3c(cc(C(C)(C)C)cc3N(c3c(-c4ccccc4)cc(C(C)(C)C)cc3-c3ccccc3)c3c([2H])c(-n4c5c([2H])c([2H])c([2H])c([2H])c5c5c([2H])c([2H])c([2H])c([2H])c54)c([2H])c(C)c31)N2c1c(-c2ccccc2)cc(C(C)(C)C)cc1-c1ccccc1. The van der Waals surface area contributed by atoms with Crippen molar-refractivity contribution in [2.24, 2.45) is 0 Å². The second-order valence-electron chi connectivity index (χ2n) is 28.1. The molecule has 17 rings (SSSR count). The minimum Gasteiger partial charge on any atom is -0.310 e. The summed E-state index contributed by atoms with van der Waals surface area (Å²) in [7, 11) is 0. The molecule has 0 unspecified atom stereocenters. The van der Waals surface area contributed by atoms with E-state index in [4.69, 9.17) is 5.48 Å². The maximum atomic E-state index is 11.8. The number of para-hydroxylation sites is 4. The number of hydrogen-bond acceptors (Lipinski definition) is 2. The molecule has 15 aromatic rings. The van der Waals surface area contributed by atoms with Gasteiger partial charge in [0.1, 0.15) is 0 Å². The zero-order valence-corrected chi connectivity index (χ0v) is 54.9. The number of rotatable bonds is 8. The molecule has 5 heteroatoms. The Kier molecular flexibility index (Phi) is 9.30. The summed E-state index contributed by atoms with van der Waals surface area (Å²) in [5.41, 5.74) is 6.18. The summed E-state index contributed by atoms with van der Waals surface area (Å²) in [4.78, 5) is 3.96. The van der Waals surface area contributed by atoms with Crippen LogP contribution >= 0.6 is 0 Å². The van der Waals surface area contributed by atoms with Gasteiger partial charge in [-0.3, -0.25) is 0 Å². The van der Waals surface area contributed by atoms with E-state index in [-0.39, 0.29) is 66.1 Å². The highest BCUT2D eigenvalue weighted by Crippen LogP contribution is 2.56. The van der Waals surface area contributed by atoms with E-state index in [2.05, 4.69) is 86.6 Å². The summed E-state index contributed by atoms with van der Waals surface area (Å²) >= 11 is 0. The van der Waals surface area contributed by atoms with Crippen LogP contribution in [0, 0.1) is 6.92 Å². The molecule has 2 aromatic heterocycles. The van der Waals surface area contributed by atoms with Crippen molar-refractivity contribution in [3.05, 3.63) is 307 Å². The van der Waals surface area contributed by atoms with Crippen molar-refractivity contribution in [2.75, 3.05) is 9.80 Å². The first kappa shape index (κ1) is 40.4. The van der Waals surface area contributed by atoms with Crippen LogP contribution in [0.15, 0.2) is 285 Å². The Morgan fingerprint density at radius 3 is 1.01 bits per heavy atom. The molecule has 0 aliphatic carbocycles. The fourth-order valence-corrected chi connectivity index (χ4v) is 14.3. The molecular formula is C91H77BN4. The van der Waals surface area contributed by atoms with Crippen molar-refractivity contribution in [1.82, 2.24) is 9.13 Å². The topological polar surface area (TPSA) is 16.3 Å². The molecule has 0 saturated carbocycles. The smallest absolute Gasteiger partial charge is 0.252 e. The highest BCUT2D eigenvalue weighted by Gasteiger charge is 2.47. The summed E-state index contributed by atoms with van der Waals surface area (Å²) < 4.78 is 211. The summed E-state index contributed by atoms with van der Waals surface area (Å²) in [5, 5.41) is -1.22. The van der Waals surface area contributed by atoms with Gasteiger partial charge >= 0.3 is 0 Å². The quantitative estimate of drug-likeness (QED) is 0.141. The van der Waals surface area contributed by atoms with Crippen LogP contribution in [0.5, 0.6) is 0 Å². The van der Waals surface area contributed by atoms with Crippen LogP contribution in [-0.4, -0.2) is 15.8 Å². The predicted molar refractivity (Wildman–Crippen MR) is 412 cm³/mol. The summed E-state index contributed by atoms with van der Waals surface area (Å²) in [6.07, 6.45) is 0. The van der Waals surface area contributed by atoms with Crippen molar-refractivity contribution < 1.29 is 28.8 Å². The Hall–Kier alpha value is -10.9. The summed E-state index contributed by atoms with van der Waals surface area (Å²) in [6.45, 7) is 19.1. The number of fused-ring (bicyclic) bond motifs is 10. The van der Waals surface area contributed by atoms with Crippen molar-refractivity contribution in [1.29, 1.82) is 0 Å². The lowest BCUT2D eigenvalue weighted by Crippen LogP contribution is -2.62. The van der Waals surface area contributed by atoms with E-state index in [0.717, 1.165) is 37.9 Å². The van der Waals surface area contributed by atoms with E-state index in [1.165, 1.54) is 4.57 Å². The maximum absolute atomic E-state index is 11.8. The Balaban J connectivity index is 1.17. The van der Waals surface area contributed by atoms with Crippen LogP contribution in [0.4, 0.5) is 34.1 Å². The molecule has 2 aliphatic rings. The molecule has 0 atom stereocenters. The van der Waals surface area contributed by atoms with Crippen molar-refractivity contribution in [3.63, 3.8) is 0 Å². The van der Waals surface area contributed by atoms with Crippen molar-refractivity contribution in [3.8, 4) is 55.9 Å². The van der Waals surface area contributed by atoms with Crippen LogP contribution in [-0.2, 0) is 16.2 Å². The summed E-state index contributed by atoms with van der Waals surface area (Å²) in [6, 6.07) is 37.7. The minimum atomic E-state index is -1.44. The van der Waals surface area contributed by atoms with E-state index >= 15 is 0 Å². The highest BCUT2D eigenvalue weighted by atomic mass is 15.2. The van der Waals surface area contributed by atoms with E-state index < -0.39 is 167 Å². The van der Waals surface area contributed by atoms with E-state index in [9.17, 15) is 23.3 Å². The van der Waals surface area contributed by atoms with Crippen molar-refractivity contribution >= 4 is 101 Å². The van der Waals surface area contributed by atoms with Gasteiger partial charge in [-0.15, -0.1) is 0 Å². The molecular weight excluding hydrogens is 1160 g/mol. The average molecular weight is 1260 g/mol. The Labute approximate surface area is 594 Å². The van der Waals surface area contributed by atoms with Gasteiger partial charge in [-0.25, -0.2) is 0 Å². The van der Waals surface area contributed by atoms with Crippen LogP contribution in [0.3, 0.4) is 0 Å². The first-order chi connectivity index (χ1) is 55.2. The van der Waals surface area contributed by atoms with Gasteiger partial charge in [-0.1, -0.05) is 268 Å². The fraction of sp³-hybridized carbons (Fsp3) is 0.143. The molecule has 0 spiro atoms. The fourth-order valence-electron chi connectivity index (χ4n) is 14.3. The lowest BCUT2D eigenvalue weighted by atomic mass is 9.32. The lowest BCUT2D eigenvalue weighted by Gasteiger charge is -2.47. The predicted octanol–water partition coefficient (Wildman–Crippen LogP) is 22.8. The first-order valence-electron chi connectivity index (χ1n) is 42.9. The molecule has 2 aliphatic heterocycles. The van der Waals surface area contributed by atoms with Crippen LogP contribution in [0.1, 0.15) is 113 Å². The van der Waals surface area contributed by atoms with Crippen LogP contribution < -0.4 is 26.2 Å². The number of anilines is 6. The third-order valence-electron chi connectivity index (χ3n) is 19.1. The van der Waals surface area contributed by atoms with E-state index in [1.54, 1.807) is 6.92 Å². The first-order valence-corrected chi connectivity index (χ1v) is 32.4. The highest BCUT2D eigenvalue weighted by molar-refractivity contribution is 7.00. The number of benzene rings is 13. The Morgan fingerprint density at radius 2 is 0.646 bits per heavy atom. The van der Waals surface area contributed by atoms with Gasteiger partial charge in [0.25, 0.3) is 6.71 Å². The van der Waals surface area contributed by atoms with Gasteiger partial charge in [0.2, 0.25) is 0 Å². The van der Waals surface area contributed by atoms with Gasteiger partial charge < -0.3 is 18.9 Å². The molecule has 4 nitrogen and oxygen atoms in total. The Bertz CT molecular complexity index is 6230. The third-order valence-corrected chi connectivity index (χ3v) is 19.1. The standard InChI is InChI=1S/C91H77BN4/c1-58-49-67(94-79-45-29-25-41-70(79)71-42-26-30-46-80(71)94)57-84-85(58)92-76-48-47-66(93-77-43-27-23-39-68(77)69-40-24-28-44-78(69)93)56-81(76)95(87-72(59-31-15-11-16-32-59)50-63(89(2,3)4)51-73(87)60-33-17-12-18-34-60)82-54-65(91(8,9)10)55-83(86(82)92)96(84)88-74(61-35-19-13-20-36-61)52-64(90(5,6)7)53-75(88)62-37-21-14-22-38-62/h11-57H,1-10H3/i23D,24D,25D,26D,27D,28D,29D,30D,39D,40D,41D,42D,43D,44D,45D,46D,47D,48D,49D,56D,57D. The zero-order chi connectivity index (χ0) is 83.8. The molecule has 0 N–H and O–H groups in total. The zero-order valence-electron chi connectivity index (χ0n) is 75.9. The van der Waals surface area contributed by atoms with Crippen LogP contribution in [0.25, 0.3) is 99.5 Å². The van der Waals surface area contributed by atoms with Gasteiger partial charge in [0.05, 0.1) is 62.2 Å². The molecule has 4 heterocycles. The number of aromatic nitrogens is 2. The molecule has 0 fully saturated rings. The van der Waals surface area contributed by atoms with E-state index in [1.807, 2.05) is 143 Å². The van der Waals surface area contributed by atoms with E-state index in [0.29, 0.717) is 56.0 Å². The molecule has 13 aromatic carbocycles. The van der Waals surface area contributed by atoms with Gasteiger partial charge in [-0.2, -0.15) is 0 Å². The average Bonchev–Trinajstić information content (AvgIpc) is 1.65. The molecule has 0 saturated heterocycles. The third kappa shape index (κ3) is 9.41. The minimum absolute atomic E-state index is 0.0289. The number of nitrogens with zero attached hydrogens (tertiary/aromatic N) is 4. The lowest BCUT2D eigenvalue weighted by molar-refractivity contribution is 0.590. The van der Waals surface area contributed by atoms with Crippen LogP contribution in [0.2, 0.25) is 0 Å². The molecule has 0 radical (unpaired) electrons. The normalized spacial score (nSPS) is 16.1. The van der Waals surface area contributed by atoms with Gasteiger partial charge in [-0.05, 0) is 163 Å². The van der Waals surface area contributed by atoms with Gasteiger partial charge in [0.15, 0.2) is 0 Å². The molecule has 96 heavy (non-hydrogen) atoms. The largest absolute Gasteiger partial charge is 0.310 e. The second kappa shape index (κ2) is 22.1. The van der Waals surface area contributed by atoms with Crippen molar-refractivity contribution in [2.45, 2.75) is 85.5 Å². The molecule has 0 amide bonds. The molecule has 464 valence electrons. The monoisotopic (exact) mass is 1260 g/mol. The maximum Gasteiger partial charge on any atom is 0.252 e. The number of hydrogen-bond donors (Lipinski definition) is 0. The summed E-state index contributed by atoms with van der Waals surface area (Å²) in [5.74, 6) is 0. The van der Waals surface area contributed by atoms with Gasteiger partial charge in [0, 0.05) is 77.9 Å². The Morgan fingerprint density at radius 1 is 0.323 bits per heavy atom.